The van der Waals surface area contributed by atoms with Crippen LogP contribution in [-0.2, 0) is 4.74 Å². The molecule has 0 bridgehead atoms. The Morgan fingerprint density at radius 1 is 1.11 bits per heavy atom. The Balaban J connectivity index is 1.45. The van der Waals surface area contributed by atoms with Crippen molar-refractivity contribution in [1.82, 2.24) is 15.1 Å². The highest BCUT2D eigenvalue weighted by Crippen LogP contribution is 2.39. The van der Waals surface area contributed by atoms with Gasteiger partial charge in [0, 0.05) is 29.1 Å². The van der Waals surface area contributed by atoms with Crippen LogP contribution in [0.4, 0.5) is 0 Å². The Labute approximate surface area is 221 Å². The second-order valence-corrected chi connectivity index (χ2v) is 10.8. The van der Waals surface area contributed by atoms with Crippen LogP contribution in [-0.4, -0.2) is 40.8 Å². The quantitative estimate of drug-likeness (QED) is 0.206. The maximum absolute atomic E-state index is 6.30. The van der Waals surface area contributed by atoms with Crippen molar-refractivity contribution in [3.05, 3.63) is 83.1 Å². The Morgan fingerprint density at radius 2 is 2.00 bits per heavy atom. The number of piperidine rings is 1. The normalized spacial score (nSPS) is 19.2. The second-order valence-electron chi connectivity index (χ2n) is 10.0. The van der Waals surface area contributed by atoms with E-state index in [2.05, 4.69) is 93.5 Å². The van der Waals surface area contributed by atoms with Crippen LogP contribution in [0.25, 0.3) is 37.5 Å². The Morgan fingerprint density at radius 3 is 2.89 bits per heavy atom. The van der Waals surface area contributed by atoms with Gasteiger partial charge in [0.1, 0.15) is 5.76 Å². The van der Waals surface area contributed by atoms with Gasteiger partial charge in [0.05, 0.1) is 22.3 Å². The molecule has 5 heteroatoms. The molecule has 1 aromatic heterocycles. The number of aromatic amines is 1. The lowest BCUT2D eigenvalue weighted by molar-refractivity contribution is 0.161. The van der Waals surface area contributed by atoms with Crippen LogP contribution in [0.3, 0.4) is 0 Å². The number of halogens is 1. The molecule has 3 aromatic carbocycles. The second kappa shape index (κ2) is 9.87. The molecule has 0 aliphatic carbocycles. The first-order valence-electron chi connectivity index (χ1n) is 13.1. The number of aryl methyl sites for hydroxylation is 1. The van der Waals surface area contributed by atoms with Crippen molar-refractivity contribution in [2.24, 2.45) is 0 Å². The lowest BCUT2D eigenvalue weighted by Gasteiger charge is -2.38. The number of nitrogens with one attached hydrogen (secondary N) is 1. The van der Waals surface area contributed by atoms with Gasteiger partial charge in [-0.15, -0.1) is 0 Å². The van der Waals surface area contributed by atoms with Crippen molar-refractivity contribution in [1.29, 1.82) is 0 Å². The molecule has 1 saturated heterocycles. The van der Waals surface area contributed by atoms with E-state index < -0.39 is 0 Å². The van der Waals surface area contributed by atoms with Gasteiger partial charge < -0.3 is 4.74 Å². The van der Waals surface area contributed by atoms with Gasteiger partial charge in [-0.1, -0.05) is 48.9 Å². The highest BCUT2D eigenvalue weighted by Gasteiger charge is 2.28. The summed E-state index contributed by atoms with van der Waals surface area (Å²) in [5.41, 5.74) is 6.95. The number of rotatable bonds is 5. The Bertz CT molecular complexity index is 1500. The maximum Gasteiger partial charge on any atom is 0.141 e. The van der Waals surface area contributed by atoms with Crippen LogP contribution in [0.2, 0.25) is 0 Å². The number of benzene rings is 3. The molecule has 0 amide bonds. The van der Waals surface area contributed by atoms with Gasteiger partial charge in [-0.25, -0.2) is 0 Å². The van der Waals surface area contributed by atoms with E-state index in [1.165, 1.54) is 47.7 Å². The summed E-state index contributed by atoms with van der Waals surface area (Å²) in [4.78, 5) is 2.63. The monoisotopic (exact) mass is 541 g/mol. The van der Waals surface area contributed by atoms with E-state index in [-0.39, 0.29) is 0 Å². The molecule has 0 spiro atoms. The van der Waals surface area contributed by atoms with Crippen LogP contribution in [0, 0.1) is 6.92 Å². The number of hydrogen-bond acceptors (Lipinski definition) is 3. The molecule has 6 rings (SSSR count). The number of nitrogens with zero attached hydrogens (tertiary/aromatic N) is 2. The molecule has 36 heavy (non-hydrogen) atoms. The molecule has 2 aliphatic heterocycles. The molecule has 1 N–H and O–H groups in total. The summed E-state index contributed by atoms with van der Waals surface area (Å²) >= 11 is 3.95. The summed E-state index contributed by atoms with van der Waals surface area (Å²) in [6, 6.07) is 20.1. The fourth-order valence-electron chi connectivity index (χ4n) is 5.87. The lowest BCUT2D eigenvalue weighted by atomic mass is 9.90. The summed E-state index contributed by atoms with van der Waals surface area (Å²) in [6.45, 7) is 7.03. The number of fused-ring (bicyclic) bond motifs is 3. The first-order valence-corrected chi connectivity index (χ1v) is 13.9. The maximum atomic E-state index is 6.30. The summed E-state index contributed by atoms with van der Waals surface area (Å²) < 4.78 is 7.27. The van der Waals surface area contributed by atoms with Gasteiger partial charge in [-0.05, 0) is 95.7 Å². The van der Waals surface area contributed by atoms with E-state index in [1.807, 2.05) is 6.92 Å². The highest BCUT2D eigenvalue weighted by molar-refractivity contribution is 9.15. The van der Waals surface area contributed by atoms with Gasteiger partial charge in [0.2, 0.25) is 0 Å². The zero-order valence-electron chi connectivity index (χ0n) is 21.0. The first-order chi connectivity index (χ1) is 17.6. The molecule has 184 valence electrons. The van der Waals surface area contributed by atoms with E-state index in [1.54, 1.807) is 0 Å². The van der Waals surface area contributed by atoms with Gasteiger partial charge in [0.25, 0.3) is 0 Å². The summed E-state index contributed by atoms with van der Waals surface area (Å²) in [5.74, 6) is 0.860. The van der Waals surface area contributed by atoms with E-state index in [4.69, 9.17) is 9.84 Å². The average Bonchev–Trinajstić information content (AvgIpc) is 3.34. The molecular formula is C31H32BrN3O. The fraction of sp³-hybridized carbons (Fsp3) is 0.323. The number of hydrogen-bond donors (Lipinski definition) is 1. The highest BCUT2D eigenvalue weighted by atomic mass is 79.9. The van der Waals surface area contributed by atoms with Gasteiger partial charge >= 0.3 is 0 Å². The summed E-state index contributed by atoms with van der Waals surface area (Å²) in [6.07, 6.45) is 7.42. The topological polar surface area (TPSA) is 41.1 Å². The average molecular weight is 543 g/mol. The molecule has 0 saturated carbocycles. The SMILES string of the molecule is CCO/C(=C(/Br)c1cc(C)cc2ccccc12)c1ccc2[nH]nc(C3=CCN4CCCCC4C3)c2c1. The van der Waals surface area contributed by atoms with E-state index in [9.17, 15) is 0 Å². The molecule has 3 heterocycles. The fourth-order valence-corrected chi connectivity index (χ4v) is 6.54. The van der Waals surface area contributed by atoms with Crippen molar-refractivity contribution in [2.75, 3.05) is 19.7 Å². The largest absolute Gasteiger partial charge is 0.492 e. The first kappa shape index (κ1) is 23.5. The predicted molar refractivity (Wildman–Crippen MR) is 154 cm³/mol. The number of aromatic nitrogens is 2. The van der Waals surface area contributed by atoms with Crippen molar-refractivity contribution < 1.29 is 4.74 Å². The minimum atomic E-state index is 0.590. The molecule has 4 aromatic rings. The molecule has 1 atom stereocenters. The van der Waals surface area contributed by atoms with Gasteiger partial charge in [0.15, 0.2) is 0 Å². The van der Waals surface area contributed by atoms with Crippen LogP contribution < -0.4 is 0 Å². The third-order valence-electron chi connectivity index (χ3n) is 7.64. The number of ether oxygens (including phenoxy) is 1. The Kier molecular flexibility index (Phi) is 6.44. The minimum absolute atomic E-state index is 0.590. The molecule has 0 radical (unpaired) electrons. The van der Waals surface area contributed by atoms with Crippen molar-refractivity contribution in [2.45, 2.75) is 45.6 Å². The zero-order valence-corrected chi connectivity index (χ0v) is 22.6. The molecule has 1 fully saturated rings. The van der Waals surface area contributed by atoms with Gasteiger partial charge in [-0.2, -0.15) is 5.10 Å². The third kappa shape index (κ3) is 4.29. The molecular weight excluding hydrogens is 510 g/mol. The van der Waals surface area contributed by atoms with Crippen molar-refractivity contribution in [3.8, 4) is 0 Å². The third-order valence-corrected chi connectivity index (χ3v) is 8.42. The summed E-state index contributed by atoms with van der Waals surface area (Å²) in [7, 11) is 0. The minimum Gasteiger partial charge on any atom is -0.492 e. The smallest absolute Gasteiger partial charge is 0.141 e. The van der Waals surface area contributed by atoms with Crippen molar-refractivity contribution in [3.63, 3.8) is 0 Å². The zero-order chi connectivity index (χ0) is 24.6. The van der Waals surface area contributed by atoms with Crippen molar-refractivity contribution >= 4 is 53.4 Å². The standard InChI is InChI=1S/C31H32BrN3O/c1-3-36-31(29(32)26-17-20(2)16-21-8-4-5-10-25(21)26)23-11-12-28-27(19-23)30(34-33-28)22-13-15-35-14-7-6-9-24(35)18-22/h4-5,8,10-13,16-17,19,24H,3,6-7,9,14-15,18H2,1-2H3,(H,33,34)/b31-29+. The predicted octanol–water partition coefficient (Wildman–Crippen LogP) is 7.92. The van der Waals surface area contributed by atoms with E-state index >= 15 is 0 Å². The number of H-pyrrole nitrogens is 1. The summed E-state index contributed by atoms with van der Waals surface area (Å²) in [5, 5.41) is 11.7. The van der Waals surface area contributed by atoms with Crippen LogP contribution in [0.1, 0.15) is 55.0 Å². The van der Waals surface area contributed by atoms with Gasteiger partial charge in [-0.3, -0.25) is 10.00 Å². The lowest BCUT2D eigenvalue weighted by Crippen LogP contribution is -2.41. The van der Waals surface area contributed by atoms with Crippen LogP contribution >= 0.6 is 15.9 Å². The Hall–Kier alpha value is -2.89. The van der Waals surface area contributed by atoms with Crippen LogP contribution in [0.5, 0.6) is 0 Å². The van der Waals surface area contributed by atoms with Crippen LogP contribution in [0.15, 0.2) is 60.7 Å². The molecule has 1 unspecified atom stereocenters. The molecule has 4 nitrogen and oxygen atoms in total. The molecule has 2 aliphatic rings. The van der Waals surface area contributed by atoms with E-state index in [0.29, 0.717) is 12.6 Å². The van der Waals surface area contributed by atoms with E-state index in [0.717, 1.165) is 50.9 Å².